The van der Waals surface area contributed by atoms with Crippen molar-refractivity contribution in [3.8, 4) is 11.3 Å². The molecule has 0 aliphatic heterocycles. The number of amides is 1. The van der Waals surface area contributed by atoms with E-state index in [1.165, 1.54) is 32.1 Å². The molecule has 30 heavy (non-hydrogen) atoms. The second kappa shape index (κ2) is 7.44. The Morgan fingerprint density at radius 2 is 2.03 bits per heavy atom. The highest BCUT2D eigenvalue weighted by molar-refractivity contribution is 6.03. The zero-order valence-electron chi connectivity index (χ0n) is 17.1. The highest BCUT2D eigenvalue weighted by Crippen LogP contribution is 2.33. The number of nitrogens with one attached hydrogen (secondary N) is 1. The van der Waals surface area contributed by atoms with E-state index < -0.39 is 0 Å². The molecular formula is C22H24N6O2. The number of aromatic nitrogens is 5. The Balaban J connectivity index is 1.36. The summed E-state index contributed by atoms with van der Waals surface area (Å²) in [6.45, 7) is 2.06. The van der Waals surface area contributed by atoms with Crippen molar-refractivity contribution in [2.24, 2.45) is 7.05 Å². The fourth-order valence-electron chi connectivity index (χ4n) is 4.36. The second-order valence-electron chi connectivity index (χ2n) is 7.96. The van der Waals surface area contributed by atoms with Crippen LogP contribution in [0.4, 0.5) is 5.69 Å². The van der Waals surface area contributed by atoms with Crippen LogP contribution < -0.4 is 5.32 Å². The average molecular weight is 404 g/mol. The predicted octanol–water partition coefficient (Wildman–Crippen LogP) is 4.49. The van der Waals surface area contributed by atoms with E-state index in [1.54, 1.807) is 16.9 Å². The van der Waals surface area contributed by atoms with Crippen LogP contribution >= 0.6 is 0 Å². The van der Waals surface area contributed by atoms with E-state index in [0.29, 0.717) is 17.4 Å². The van der Waals surface area contributed by atoms with Crippen molar-refractivity contribution in [3.05, 3.63) is 48.2 Å². The Hall–Kier alpha value is -3.42. The number of hydrogen-bond acceptors (Lipinski definition) is 5. The molecular weight excluding hydrogens is 380 g/mol. The van der Waals surface area contributed by atoms with Crippen LogP contribution in [0.15, 0.2) is 41.2 Å². The molecule has 1 aromatic carbocycles. The highest BCUT2D eigenvalue weighted by atomic mass is 16.5. The summed E-state index contributed by atoms with van der Waals surface area (Å²) in [4.78, 5) is 17.4. The topological polar surface area (TPSA) is 90.8 Å². The van der Waals surface area contributed by atoms with Crippen molar-refractivity contribution >= 4 is 22.6 Å². The van der Waals surface area contributed by atoms with Gasteiger partial charge in [0.1, 0.15) is 11.5 Å². The Labute approximate surface area is 173 Å². The maximum atomic E-state index is 12.6. The lowest BCUT2D eigenvalue weighted by molar-refractivity contribution is 0.0988. The molecule has 4 aromatic rings. The van der Waals surface area contributed by atoms with E-state index in [4.69, 9.17) is 9.51 Å². The minimum atomic E-state index is -0.347. The molecule has 5 rings (SSSR count). The van der Waals surface area contributed by atoms with E-state index in [9.17, 15) is 4.79 Å². The molecule has 0 spiro atoms. The molecule has 3 heterocycles. The summed E-state index contributed by atoms with van der Waals surface area (Å²) in [6, 6.07) is 8.01. The SMILES string of the molecule is Cc1nc2cc(NC(=O)c3cc(-c4cnn(C)c4)no3)ccc2n1C1CCCCC1. The lowest BCUT2D eigenvalue weighted by Crippen LogP contribution is -2.14. The van der Waals surface area contributed by atoms with E-state index in [0.717, 1.165) is 22.4 Å². The first-order chi connectivity index (χ1) is 14.6. The van der Waals surface area contributed by atoms with Crippen molar-refractivity contribution in [3.63, 3.8) is 0 Å². The minimum absolute atomic E-state index is 0.151. The molecule has 1 aliphatic carbocycles. The van der Waals surface area contributed by atoms with Gasteiger partial charge in [-0.2, -0.15) is 5.10 Å². The van der Waals surface area contributed by atoms with Crippen LogP contribution in [0, 0.1) is 6.92 Å². The van der Waals surface area contributed by atoms with Gasteiger partial charge in [-0.1, -0.05) is 24.4 Å². The fourth-order valence-corrected chi connectivity index (χ4v) is 4.36. The van der Waals surface area contributed by atoms with E-state index in [1.807, 2.05) is 31.4 Å². The third-order valence-corrected chi connectivity index (χ3v) is 5.80. The predicted molar refractivity (Wildman–Crippen MR) is 113 cm³/mol. The number of imidazole rings is 1. The van der Waals surface area contributed by atoms with Crippen LogP contribution in [-0.2, 0) is 7.05 Å². The molecule has 0 saturated heterocycles. The summed E-state index contributed by atoms with van der Waals surface area (Å²) < 4.78 is 9.27. The number of benzene rings is 1. The Morgan fingerprint density at radius 3 is 2.80 bits per heavy atom. The van der Waals surface area contributed by atoms with E-state index in [2.05, 4.69) is 27.1 Å². The summed E-state index contributed by atoms with van der Waals surface area (Å²) >= 11 is 0. The largest absolute Gasteiger partial charge is 0.350 e. The van der Waals surface area contributed by atoms with Gasteiger partial charge in [-0.25, -0.2) is 4.98 Å². The zero-order valence-corrected chi connectivity index (χ0v) is 17.1. The van der Waals surface area contributed by atoms with Gasteiger partial charge in [0.15, 0.2) is 0 Å². The maximum Gasteiger partial charge on any atom is 0.294 e. The smallest absolute Gasteiger partial charge is 0.294 e. The van der Waals surface area contributed by atoms with Crippen molar-refractivity contribution in [2.75, 3.05) is 5.32 Å². The summed E-state index contributed by atoms with van der Waals surface area (Å²) in [6.07, 6.45) is 9.77. The summed E-state index contributed by atoms with van der Waals surface area (Å²) in [5.74, 6) is 0.829. The van der Waals surface area contributed by atoms with Crippen LogP contribution in [-0.4, -0.2) is 30.4 Å². The quantitative estimate of drug-likeness (QED) is 0.541. The first kappa shape index (κ1) is 18.6. The molecule has 0 radical (unpaired) electrons. The van der Waals surface area contributed by atoms with E-state index in [-0.39, 0.29) is 11.7 Å². The lowest BCUT2D eigenvalue weighted by atomic mass is 9.95. The second-order valence-corrected chi connectivity index (χ2v) is 7.96. The van der Waals surface area contributed by atoms with Crippen molar-refractivity contribution < 1.29 is 9.32 Å². The van der Waals surface area contributed by atoms with Gasteiger partial charge in [0.05, 0.1) is 17.2 Å². The van der Waals surface area contributed by atoms with Crippen LogP contribution in [0.5, 0.6) is 0 Å². The van der Waals surface area contributed by atoms with Crippen molar-refractivity contribution in [1.82, 2.24) is 24.5 Å². The Morgan fingerprint density at radius 1 is 1.20 bits per heavy atom. The van der Waals surface area contributed by atoms with Gasteiger partial charge in [-0.15, -0.1) is 0 Å². The van der Waals surface area contributed by atoms with Gasteiger partial charge in [-0.3, -0.25) is 9.48 Å². The monoisotopic (exact) mass is 404 g/mol. The van der Waals surface area contributed by atoms with Gasteiger partial charge in [-0.05, 0) is 38.0 Å². The molecule has 154 valence electrons. The molecule has 3 aromatic heterocycles. The first-order valence-electron chi connectivity index (χ1n) is 10.3. The van der Waals surface area contributed by atoms with Crippen LogP contribution in [0.3, 0.4) is 0 Å². The van der Waals surface area contributed by atoms with Gasteiger partial charge in [0.25, 0.3) is 5.91 Å². The third kappa shape index (κ3) is 3.38. The molecule has 8 nitrogen and oxygen atoms in total. The number of carbonyl (C=O) groups excluding carboxylic acids is 1. The Kier molecular flexibility index (Phi) is 4.61. The van der Waals surface area contributed by atoms with Gasteiger partial charge < -0.3 is 14.4 Å². The van der Waals surface area contributed by atoms with E-state index >= 15 is 0 Å². The molecule has 0 bridgehead atoms. The average Bonchev–Trinajstić information content (AvgIpc) is 3.46. The normalized spacial score (nSPS) is 15.0. The number of anilines is 1. The first-order valence-corrected chi connectivity index (χ1v) is 10.3. The summed E-state index contributed by atoms with van der Waals surface area (Å²) in [5.41, 5.74) is 4.07. The van der Waals surface area contributed by atoms with Gasteiger partial charge in [0, 0.05) is 36.6 Å². The van der Waals surface area contributed by atoms with Crippen molar-refractivity contribution in [1.29, 1.82) is 0 Å². The molecule has 1 aliphatic rings. The number of carbonyl (C=O) groups is 1. The number of hydrogen-bond donors (Lipinski definition) is 1. The number of nitrogens with zero attached hydrogens (tertiary/aromatic N) is 5. The number of fused-ring (bicyclic) bond motifs is 1. The summed E-state index contributed by atoms with van der Waals surface area (Å²) in [7, 11) is 1.82. The van der Waals surface area contributed by atoms with Crippen molar-refractivity contribution in [2.45, 2.75) is 45.1 Å². The Bertz CT molecular complexity index is 1210. The summed E-state index contributed by atoms with van der Waals surface area (Å²) in [5, 5.41) is 11.0. The maximum absolute atomic E-state index is 12.6. The van der Waals surface area contributed by atoms with Gasteiger partial charge >= 0.3 is 0 Å². The molecule has 0 unspecified atom stereocenters. The lowest BCUT2D eigenvalue weighted by Gasteiger charge is -2.25. The molecule has 0 atom stereocenters. The molecule has 1 amide bonds. The zero-order chi connectivity index (χ0) is 20.7. The number of aryl methyl sites for hydroxylation is 2. The third-order valence-electron chi connectivity index (χ3n) is 5.80. The van der Waals surface area contributed by atoms with Gasteiger partial charge in [0.2, 0.25) is 5.76 Å². The number of rotatable bonds is 4. The minimum Gasteiger partial charge on any atom is -0.350 e. The molecule has 8 heteroatoms. The van der Waals surface area contributed by atoms with Crippen LogP contribution in [0.25, 0.3) is 22.3 Å². The van der Waals surface area contributed by atoms with Crippen LogP contribution in [0.1, 0.15) is 54.5 Å². The standard InChI is InChI=1S/C22H24N6O2/c1-14-24-19-10-16(8-9-20(19)28(14)17-6-4-3-5-7-17)25-22(29)21-11-18(26-30-21)15-12-23-27(2)13-15/h8-13,17H,3-7H2,1-2H3,(H,25,29). The highest BCUT2D eigenvalue weighted by Gasteiger charge is 2.20. The fraction of sp³-hybridized carbons (Fsp3) is 0.364. The molecule has 1 fully saturated rings. The molecule has 1 N–H and O–H groups in total. The molecule has 1 saturated carbocycles. The van der Waals surface area contributed by atoms with Crippen LogP contribution in [0.2, 0.25) is 0 Å².